The van der Waals surface area contributed by atoms with Crippen molar-refractivity contribution in [1.29, 1.82) is 0 Å². The number of amidine groups is 1. The number of benzene rings is 1. The Morgan fingerprint density at radius 1 is 1.18 bits per heavy atom. The van der Waals surface area contributed by atoms with Gasteiger partial charge in [0.2, 0.25) is 0 Å². The van der Waals surface area contributed by atoms with Gasteiger partial charge >= 0.3 is 12.6 Å². The van der Waals surface area contributed by atoms with Crippen LogP contribution in [0.25, 0.3) is 11.3 Å². The standard InChI is InChI=1S/C27H28F3N5O4/c1-31-26(34-38-16-36)23-9-8-18(14-32-23)35-12-10-19(11-13-35)37-15-21-24(33-39-25(21)17-6-7-17)20-4-2-3-5-22(20)27(28,29)30/h2-5,8-9,14,16-17,19H,6-7,10-13,15H2,1H3,(H,31,34). The maximum absolute atomic E-state index is 13.7. The number of piperidine rings is 1. The van der Waals surface area contributed by atoms with Crippen LogP contribution in [0.4, 0.5) is 18.9 Å². The Morgan fingerprint density at radius 3 is 2.59 bits per heavy atom. The Hall–Kier alpha value is -3.93. The average molecular weight is 544 g/mol. The molecule has 0 unspecified atom stereocenters. The second-order valence-corrected chi connectivity index (χ2v) is 9.48. The number of rotatable bonds is 9. The molecule has 39 heavy (non-hydrogen) atoms. The highest BCUT2D eigenvalue weighted by molar-refractivity contribution is 5.96. The predicted molar refractivity (Wildman–Crippen MR) is 136 cm³/mol. The molecule has 1 saturated carbocycles. The van der Waals surface area contributed by atoms with Gasteiger partial charge in [0, 0.05) is 37.2 Å². The molecule has 0 bridgehead atoms. The minimum Gasteiger partial charge on any atom is -0.373 e. The number of halogens is 3. The van der Waals surface area contributed by atoms with Crippen molar-refractivity contribution >= 4 is 18.0 Å². The minimum atomic E-state index is -4.50. The third kappa shape index (κ3) is 6.06. The number of carbonyl (C=O) groups excluding carboxylic acids is 1. The van der Waals surface area contributed by atoms with Crippen molar-refractivity contribution in [3.63, 3.8) is 0 Å². The van der Waals surface area contributed by atoms with E-state index in [-0.39, 0.29) is 36.4 Å². The highest BCUT2D eigenvalue weighted by atomic mass is 19.4. The summed E-state index contributed by atoms with van der Waals surface area (Å²) in [5.74, 6) is 1.14. The molecule has 0 radical (unpaired) electrons. The molecule has 1 aliphatic heterocycles. The van der Waals surface area contributed by atoms with Crippen molar-refractivity contribution < 1.29 is 32.1 Å². The van der Waals surface area contributed by atoms with Gasteiger partial charge in [-0.1, -0.05) is 28.5 Å². The Balaban J connectivity index is 1.24. The van der Waals surface area contributed by atoms with Crippen LogP contribution in [-0.2, 0) is 27.2 Å². The Labute approximate surface area is 223 Å². The summed E-state index contributed by atoms with van der Waals surface area (Å²) in [5, 5.41) is 10.6. The van der Waals surface area contributed by atoms with E-state index in [2.05, 4.69) is 30.4 Å². The molecule has 5 rings (SSSR count). The number of hydrogen-bond acceptors (Lipinski definition) is 8. The molecule has 1 aromatic carbocycles. The van der Waals surface area contributed by atoms with Crippen LogP contribution in [0.2, 0.25) is 0 Å². The van der Waals surface area contributed by atoms with Crippen molar-refractivity contribution in [3.8, 4) is 11.3 Å². The van der Waals surface area contributed by atoms with E-state index in [1.807, 2.05) is 6.07 Å². The third-order valence-electron chi connectivity index (χ3n) is 6.94. The van der Waals surface area contributed by atoms with Crippen LogP contribution < -0.4 is 10.2 Å². The van der Waals surface area contributed by atoms with E-state index in [0.717, 1.165) is 50.5 Å². The summed E-state index contributed by atoms with van der Waals surface area (Å²) in [6, 6.07) is 9.14. The number of anilines is 1. The number of nitrogens with one attached hydrogen (secondary N) is 1. The smallest absolute Gasteiger partial charge is 0.373 e. The fraction of sp³-hybridized carbons (Fsp3) is 0.407. The van der Waals surface area contributed by atoms with Gasteiger partial charge in [-0.2, -0.15) is 13.2 Å². The topological polar surface area (TPSA) is 102 Å². The van der Waals surface area contributed by atoms with Gasteiger partial charge in [0.1, 0.15) is 17.1 Å². The van der Waals surface area contributed by atoms with Gasteiger partial charge in [0.15, 0.2) is 5.84 Å². The van der Waals surface area contributed by atoms with E-state index in [4.69, 9.17) is 9.26 Å². The van der Waals surface area contributed by atoms with Gasteiger partial charge in [0.25, 0.3) is 0 Å². The maximum Gasteiger partial charge on any atom is 0.417 e. The molecule has 1 N–H and O–H groups in total. The van der Waals surface area contributed by atoms with Crippen LogP contribution in [0.5, 0.6) is 0 Å². The molecule has 0 amide bonds. The number of alkyl halides is 3. The molecule has 2 aliphatic rings. The summed E-state index contributed by atoms with van der Waals surface area (Å²) < 4.78 is 52.9. The molecule has 12 heteroatoms. The lowest BCUT2D eigenvalue weighted by Crippen LogP contribution is -2.37. The molecule has 0 spiro atoms. The van der Waals surface area contributed by atoms with Crippen molar-refractivity contribution in [2.45, 2.75) is 50.5 Å². The number of pyridine rings is 1. The minimum absolute atomic E-state index is 0.00853. The largest absolute Gasteiger partial charge is 0.417 e. The molecule has 9 nitrogen and oxygen atoms in total. The molecule has 0 atom stereocenters. The molecular formula is C27H28F3N5O4. The lowest BCUT2D eigenvalue weighted by molar-refractivity contribution is -0.137. The Kier molecular flexibility index (Phi) is 7.82. The molecule has 2 fully saturated rings. The van der Waals surface area contributed by atoms with Crippen LogP contribution in [0.1, 0.15) is 54.2 Å². The van der Waals surface area contributed by atoms with E-state index >= 15 is 0 Å². The second kappa shape index (κ2) is 11.4. The van der Waals surface area contributed by atoms with Crippen LogP contribution >= 0.6 is 0 Å². The first-order valence-electron chi connectivity index (χ1n) is 12.7. The number of ether oxygens (including phenoxy) is 1. The molecule has 1 aliphatic carbocycles. The highest BCUT2D eigenvalue weighted by Crippen LogP contribution is 2.46. The monoisotopic (exact) mass is 543 g/mol. The Bertz CT molecular complexity index is 1310. The van der Waals surface area contributed by atoms with E-state index in [9.17, 15) is 18.0 Å². The quantitative estimate of drug-likeness (QED) is 0.134. The fourth-order valence-electron chi connectivity index (χ4n) is 4.77. The summed E-state index contributed by atoms with van der Waals surface area (Å²) in [6.07, 6.45) is 0.530. The number of carbonyl (C=O) groups is 1. The summed E-state index contributed by atoms with van der Waals surface area (Å²) in [6.45, 7) is 1.84. The van der Waals surface area contributed by atoms with E-state index < -0.39 is 11.7 Å². The SMILES string of the molecule is CN/C(=N\OC=O)c1ccc(N2CCC(OCc3c(-c4ccccc4C(F)(F)F)noc3C3CC3)CC2)cn1. The highest BCUT2D eigenvalue weighted by Gasteiger charge is 2.37. The summed E-state index contributed by atoms with van der Waals surface area (Å²) >= 11 is 0. The Morgan fingerprint density at radius 2 is 1.95 bits per heavy atom. The number of nitrogens with zero attached hydrogens (tertiary/aromatic N) is 4. The first-order chi connectivity index (χ1) is 18.9. The predicted octanol–water partition coefficient (Wildman–Crippen LogP) is 4.87. The van der Waals surface area contributed by atoms with Crippen molar-refractivity contribution in [2.75, 3.05) is 25.0 Å². The van der Waals surface area contributed by atoms with Crippen LogP contribution in [-0.4, -0.2) is 48.7 Å². The number of oxime groups is 1. The molecule has 1 saturated heterocycles. The molecule has 3 heterocycles. The van der Waals surface area contributed by atoms with Crippen molar-refractivity contribution in [2.24, 2.45) is 5.16 Å². The lowest BCUT2D eigenvalue weighted by atomic mass is 9.99. The van der Waals surface area contributed by atoms with E-state index in [0.29, 0.717) is 22.9 Å². The molecule has 2 aromatic heterocycles. The zero-order valence-corrected chi connectivity index (χ0v) is 21.3. The zero-order valence-electron chi connectivity index (χ0n) is 21.3. The van der Waals surface area contributed by atoms with Crippen molar-refractivity contribution in [1.82, 2.24) is 15.5 Å². The molecular weight excluding hydrogens is 515 g/mol. The normalized spacial score (nSPS) is 16.8. The molecule has 206 valence electrons. The zero-order chi connectivity index (χ0) is 27.4. The number of hydrogen-bond donors (Lipinski definition) is 1. The van der Waals surface area contributed by atoms with Crippen molar-refractivity contribution in [3.05, 3.63) is 65.2 Å². The van der Waals surface area contributed by atoms with Gasteiger partial charge < -0.3 is 24.3 Å². The van der Waals surface area contributed by atoms with Gasteiger partial charge in [-0.15, -0.1) is 0 Å². The summed E-state index contributed by atoms with van der Waals surface area (Å²) in [4.78, 5) is 21.4. The van der Waals surface area contributed by atoms with Crippen LogP contribution in [0.3, 0.4) is 0 Å². The third-order valence-corrected chi connectivity index (χ3v) is 6.94. The first kappa shape index (κ1) is 26.7. The summed E-state index contributed by atoms with van der Waals surface area (Å²) in [5.41, 5.74) is 1.55. The van der Waals surface area contributed by atoms with E-state index in [1.165, 1.54) is 12.1 Å². The summed E-state index contributed by atoms with van der Waals surface area (Å²) in [7, 11) is 1.65. The van der Waals surface area contributed by atoms with E-state index in [1.54, 1.807) is 25.4 Å². The van der Waals surface area contributed by atoms with Gasteiger partial charge in [-0.25, -0.2) is 0 Å². The molecule has 3 aromatic rings. The first-order valence-corrected chi connectivity index (χ1v) is 12.7. The van der Waals surface area contributed by atoms with Crippen LogP contribution in [0.15, 0.2) is 52.3 Å². The lowest BCUT2D eigenvalue weighted by Gasteiger charge is -2.33. The number of aromatic nitrogens is 2. The van der Waals surface area contributed by atoms with Crippen LogP contribution in [0, 0.1) is 0 Å². The maximum atomic E-state index is 13.7. The average Bonchev–Trinajstić information content (AvgIpc) is 3.71. The van der Waals surface area contributed by atoms with Gasteiger partial charge in [0.05, 0.1) is 30.2 Å². The van der Waals surface area contributed by atoms with Gasteiger partial charge in [-0.05, 0) is 43.9 Å². The van der Waals surface area contributed by atoms with Gasteiger partial charge in [-0.3, -0.25) is 9.78 Å². The second-order valence-electron chi connectivity index (χ2n) is 9.48. The fourth-order valence-corrected chi connectivity index (χ4v) is 4.77.